The maximum absolute atomic E-state index is 13.2. The molecule has 39 heavy (non-hydrogen) atoms. The molecule has 0 amide bonds. The number of aliphatic imine (C=N–C) groups is 1. The highest BCUT2D eigenvalue weighted by atomic mass is 16.5. The molecule has 1 aliphatic carbocycles. The molecule has 2 aromatic heterocycles. The van der Waals surface area contributed by atoms with Crippen molar-refractivity contribution in [1.29, 1.82) is 0 Å². The van der Waals surface area contributed by atoms with Gasteiger partial charge in [-0.25, -0.2) is 4.98 Å². The summed E-state index contributed by atoms with van der Waals surface area (Å²) in [5.41, 5.74) is 3.54. The van der Waals surface area contributed by atoms with E-state index in [4.69, 9.17) is 4.52 Å². The van der Waals surface area contributed by atoms with Crippen LogP contribution < -0.4 is 10.6 Å². The highest BCUT2D eigenvalue weighted by Gasteiger charge is 2.28. The minimum atomic E-state index is 0.0223. The summed E-state index contributed by atoms with van der Waals surface area (Å²) in [6, 6.07) is 13.5. The van der Waals surface area contributed by atoms with Crippen molar-refractivity contribution in [2.75, 3.05) is 36.8 Å². The van der Waals surface area contributed by atoms with Crippen LogP contribution in [0.3, 0.4) is 0 Å². The summed E-state index contributed by atoms with van der Waals surface area (Å²) in [6.07, 6.45) is 9.72. The average Bonchev–Trinajstić information content (AvgIpc) is 3.53. The molecule has 0 unspecified atom stereocenters. The largest absolute Gasteiger partial charge is 0.359 e. The molecule has 202 valence electrons. The lowest BCUT2D eigenvalue weighted by molar-refractivity contribution is 0.0968. The maximum atomic E-state index is 13.2. The van der Waals surface area contributed by atoms with E-state index in [1.54, 1.807) is 6.07 Å². The van der Waals surface area contributed by atoms with Crippen LogP contribution in [0.5, 0.6) is 0 Å². The zero-order valence-corrected chi connectivity index (χ0v) is 22.2. The van der Waals surface area contributed by atoms with E-state index in [-0.39, 0.29) is 5.78 Å². The fourth-order valence-corrected chi connectivity index (χ4v) is 5.17. The molecule has 0 atom stereocenters. The molecular weight excluding hydrogens is 490 g/mol. The van der Waals surface area contributed by atoms with E-state index in [0.717, 1.165) is 49.7 Å². The van der Waals surface area contributed by atoms with Crippen molar-refractivity contribution < 1.29 is 9.32 Å². The van der Waals surface area contributed by atoms with Gasteiger partial charge in [-0.2, -0.15) is 4.98 Å². The van der Waals surface area contributed by atoms with E-state index in [1.165, 1.54) is 37.7 Å². The Bertz CT molecular complexity index is 1350. The normalized spacial score (nSPS) is 17.5. The Balaban J connectivity index is 1.14. The summed E-state index contributed by atoms with van der Waals surface area (Å²) in [6.45, 7) is 4.30. The van der Waals surface area contributed by atoms with Gasteiger partial charge in [-0.1, -0.05) is 41.9 Å². The molecule has 3 aliphatic rings. The summed E-state index contributed by atoms with van der Waals surface area (Å²) >= 11 is 0. The summed E-state index contributed by atoms with van der Waals surface area (Å²) < 4.78 is 5.53. The highest BCUT2D eigenvalue weighted by molar-refractivity contribution is 6.06. The lowest BCUT2D eigenvalue weighted by atomic mass is 10.1. The predicted octanol–water partition coefficient (Wildman–Crippen LogP) is 5.35. The number of hydrogen-bond donors (Lipinski definition) is 2. The molecule has 2 fully saturated rings. The Hall–Kier alpha value is -3.85. The van der Waals surface area contributed by atoms with Crippen LogP contribution in [0.25, 0.3) is 11.3 Å². The number of amidine groups is 1. The van der Waals surface area contributed by atoms with Crippen molar-refractivity contribution >= 4 is 23.4 Å². The van der Waals surface area contributed by atoms with Crippen molar-refractivity contribution in [1.82, 2.24) is 20.0 Å². The fraction of sp³-hybridized carbons (Fsp3) is 0.433. The lowest BCUT2D eigenvalue weighted by Crippen LogP contribution is -2.30. The number of aromatic nitrogens is 3. The van der Waals surface area contributed by atoms with E-state index < -0.39 is 0 Å². The van der Waals surface area contributed by atoms with Crippen LogP contribution in [0, 0.1) is 5.92 Å². The van der Waals surface area contributed by atoms with Crippen molar-refractivity contribution in [3.05, 3.63) is 65.6 Å². The number of anilines is 2. The topological polar surface area (TPSA) is 109 Å². The van der Waals surface area contributed by atoms with Crippen LogP contribution in [-0.2, 0) is 6.54 Å². The molecular formula is C30H35N7O2. The number of hydrogen-bond acceptors (Lipinski definition) is 9. The van der Waals surface area contributed by atoms with Crippen LogP contribution in [0.15, 0.2) is 63.6 Å². The Labute approximate surface area is 228 Å². The molecule has 1 saturated carbocycles. The first-order valence-corrected chi connectivity index (χ1v) is 14.1. The molecule has 4 heterocycles. The van der Waals surface area contributed by atoms with Crippen LogP contribution in [0.4, 0.5) is 11.8 Å². The molecule has 1 aromatic carbocycles. The van der Waals surface area contributed by atoms with Crippen LogP contribution >= 0.6 is 0 Å². The second-order valence-corrected chi connectivity index (χ2v) is 10.6. The van der Waals surface area contributed by atoms with Gasteiger partial charge in [0.1, 0.15) is 23.0 Å². The van der Waals surface area contributed by atoms with Gasteiger partial charge in [0.15, 0.2) is 11.5 Å². The highest BCUT2D eigenvalue weighted by Crippen LogP contribution is 2.37. The second kappa shape index (κ2) is 11.9. The smallest absolute Gasteiger partial charge is 0.225 e. The Morgan fingerprint density at radius 1 is 1.05 bits per heavy atom. The van der Waals surface area contributed by atoms with Crippen LogP contribution in [0.2, 0.25) is 0 Å². The van der Waals surface area contributed by atoms with Gasteiger partial charge in [0.05, 0.1) is 13.1 Å². The fourth-order valence-electron chi connectivity index (χ4n) is 5.17. The van der Waals surface area contributed by atoms with E-state index >= 15 is 0 Å². The third-order valence-electron chi connectivity index (χ3n) is 7.50. The molecule has 3 aromatic rings. The van der Waals surface area contributed by atoms with E-state index in [0.29, 0.717) is 42.1 Å². The first-order valence-electron chi connectivity index (χ1n) is 14.1. The minimum Gasteiger partial charge on any atom is -0.359 e. The van der Waals surface area contributed by atoms with Crippen molar-refractivity contribution in [3.8, 4) is 11.3 Å². The van der Waals surface area contributed by atoms with Gasteiger partial charge in [0, 0.05) is 24.1 Å². The lowest BCUT2D eigenvalue weighted by Gasteiger charge is -2.26. The number of nitrogens with one attached hydrogen (secondary N) is 2. The first-order chi connectivity index (χ1) is 19.2. The predicted molar refractivity (Wildman–Crippen MR) is 152 cm³/mol. The van der Waals surface area contributed by atoms with Gasteiger partial charge in [-0.05, 0) is 69.3 Å². The molecule has 2 aliphatic heterocycles. The maximum Gasteiger partial charge on any atom is 0.225 e. The van der Waals surface area contributed by atoms with Gasteiger partial charge >= 0.3 is 0 Å². The number of Topliss-reactive ketones (excluding diaryl/α,β-unsaturated/α-hetero) is 1. The van der Waals surface area contributed by atoms with Gasteiger partial charge in [0.2, 0.25) is 5.95 Å². The summed E-state index contributed by atoms with van der Waals surface area (Å²) in [5, 5.41) is 10.7. The number of nitrogens with zero attached hydrogens (tertiary/aromatic N) is 5. The van der Waals surface area contributed by atoms with Crippen LogP contribution in [-0.4, -0.2) is 57.8 Å². The standard InChI is InChI=1S/C30H35N7O2/c38-27(10-7-15-37-13-5-2-6-14-37)26-18-29(34-28-16-23(19-31-28)21-11-12-21)35-30(33-26)32-20-24-17-25(36-39-24)22-8-3-1-4-9-22/h1,3-4,8-9,16-18,21H,2,5-7,10-15,19-20H2,(H2,31,32,33,34,35). The molecule has 2 N–H and O–H groups in total. The Kier molecular flexibility index (Phi) is 7.76. The molecule has 9 nitrogen and oxygen atoms in total. The molecule has 0 bridgehead atoms. The number of rotatable bonds is 11. The number of benzene rings is 1. The minimum absolute atomic E-state index is 0.0223. The molecule has 6 rings (SSSR count). The number of ketones is 1. The SMILES string of the molecule is O=C(CCCN1CCCCC1)c1cc(NC2=NCC(C3CC3)=C2)nc(NCc2cc(-c3ccccc3)no2)n1. The monoisotopic (exact) mass is 525 g/mol. The third kappa shape index (κ3) is 6.78. The number of likely N-dealkylation sites (tertiary alicyclic amines) is 1. The van der Waals surface area contributed by atoms with Crippen LogP contribution in [0.1, 0.15) is 61.2 Å². The van der Waals surface area contributed by atoms with Crippen molar-refractivity contribution in [2.45, 2.75) is 51.5 Å². The average molecular weight is 526 g/mol. The quantitative estimate of drug-likeness (QED) is 0.323. The van der Waals surface area contributed by atoms with Crippen molar-refractivity contribution in [3.63, 3.8) is 0 Å². The van der Waals surface area contributed by atoms with Crippen molar-refractivity contribution in [2.24, 2.45) is 10.9 Å². The third-order valence-corrected chi connectivity index (χ3v) is 7.50. The summed E-state index contributed by atoms with van der Waals surface area (Å²) in [7, 11) is 0. The molecule has 9 heteroatoms. The Morgan fingerprint density at radius 2 is 1.90 bits per heavy atom. The first kappa shape index (κ1) is 25.4. The number of carbonyl (C=O) groups excluding carboxylic acids is 1. The Morgan fingerprint density at radius 3 is 2.72 bits per heavy atom. The number of piperidine rings is 1. The van der Waals surface area contributed by atoms with Gasteiger partial charge in [0.25, 0.3) is 0 Å². The van der Waals surface area contributed by atoms with E-state index in [9.17, 15) is 4.79 Å². The van der Waals surface area contributed by atoms with Gasteiger partial charge in [-0.3, -0.25) is 9.79 Å². The van der Waals surface area contributed by atoms with Gasteiger partial charge in [-0.15, -0.1) is 0 Å². The zero-order chi connectivity index (χ0) is 26.4. The molecule has 0 spiro atoms. The van der Waals surface area contributed by atoms with E-state index in [2.05, 4.69) is 41.7 Å². The molecule has 0 radical (unpaired) electrons. The molecule has 1 saturated heterocycles. The van der Waals surface area contributed by atoms with Gasteiger partial charge < -0.3 is 20.1 Å². The van der Waals surface area contributed by atoms with E-state index in [1.807, 2.05) is 36.4 Å². The summed E-state index contributed by atoms with van der Waals surface area (Å²) in [4.78, 5) is 29.5. The summed E-state index contributed by atoms with van der Waals surface area (Å²) in [5.74, 6) is 3.06. The zero-order valence-electron chi connectivity index (χ0n) is 22.2. The number of carbonyl (C=O) groups is 1. The second-order valence-electron chi connectivity index (χ2n) is 10.6.